The summed E-state index contributed by atoms with van der Waals surface area (Å²) < 4.78 is 0. The van der Waals surface area contributed by atoms with Gasteiger partial charge in [-0.1, -0.05) is 94.6 Å². The molecule has 0 aromatic carbocycles. The number of hydrogen-bond donors (Lipinski definition) is 0. The van der Waals surface area contributed by atoms with Gasteiger partial charge in [-0.25, -0.2) is 0 Å². The van der Waals surface area contributed by atoms with Crippen molar-refractivity contribution in [2.75, 3.05) is 0 Å². The van der Waals surface area contributed by atoms with E-state index >= 15 is 0 Å². The molecule has 0 N–H and O–H groups in total. The van der Waals surface area contributed by atoms with Crippen molar-refractivity contribution in [3.63, 3.8) is 0 Å². The molecule has 0 aliphatic heterocycles. The first-order valence-electron chi connectivity index (χ1n) is 8.88. The molecule has 1 aliphatic carbocycles. The summed E-state index contributed by atoms with van der Waals surface area (Å²) >= 11 is 0. The summed E-state index contributed by atoms with van der Waals surface area (Å²) in [6.07, 6.45) is 33.5. The highest BCUT2D eigenvalue weighted by Crippen LogP contribution is 2.13. The van der Waals surface area contributed by atoms with Crippen molar-refractivity contribution in [1.29, 1.82) is 0 Å². The molecule has 0 spiro atoms. The van der Waals surface area contributed by atoms with Gasteiger partial charge in [-0.2, -0.15) is 0 Å². The topological polar surface area (TPSA) is 0 Å². The van der Waals surface area contributed by atoms with E-state index in [-0.39, 0.29) is 0 Å². The van der Waals surface area contributed by atoms with E-state index in [1.54, 1.807) is 0 Å². The Hall–Kier alpha value is -0.780. The number of rotatable bonds is 0. The highest BCUT2D eigenvalue weighted by atomic mass is 14.0. The van der Waals surface area contributed by atoms with Gasteiger partial charge >= 0.3 is 0 Å². The first kappa shape index (κ1) is 17.3. The van der Waals surface area contributed by atoms with Gasteiger partial charge in [0.1, 0.15) is 0 Å². The highest BCUT2D eigenvalue weighted by molar-refractivity contribution is 5.09. The SMILES string of the molecule is [C]1=C/C=C\C=C\CCCCCCCCCCCCCC/1. The largest absolute Gasteiger partial charge is 0.0845 e. The van der Waals surface area contributed by atoms with Gasteiger partial charge in [0.05, 0.1) is 0 Å². The summed E-state index contributed by atoms with van der Waals surface area (Å²) in [4.78, 5) is 0. The van der Waals surface area contributed by atoms with Gasteiger partial charge in [0, 0.05) is 0 Å². The molecule has 113 valence electrons. The molecule has 0 heterocycles. The summed E-state index contributed by atoms with van der Waals surface area (Å²) in [5.74, 6) is 0. The lowest BCUT2D eigenvalue weighted by atomic mass is 10.0. The first-order valence-corrected chi connectivity index (χ1v) is 8.88. The highest BCUT2D eigenvalue weighted by Gasteiger charge is 1.93. The smallest absolute Gasteiger partial charge is 0.0276 e. The van der Waals surface area contributed by atoms with Crippen LogP contribution in [0.15, 0.2) is 30.4 Å². The van der Waals surface area contributed by atoms with Crippen LogP contribution in [0.1, 0.15) is 89.9 Å². The minimum atomic E-state index is 1.12. The van der Waals surface area contributed by atoms with Crippen molar-refractivity contribution in [2.24, 2.45) is 0 Å². The predicted molar refractivity (Wildman–Crippen MR) is 90.7 cm³/mol. The first-order chi connectivity index (χ1) is 10.0. The van der Waals surface area contributed by atoms with Crippen LogP contribution in [0.5, 0.6) is 0 Å². The zero-order valence-electron chi connectivity index (χ0n) is 13.3. The van der Waals surface area contributed by atoms with Crippen molar-refractivity contribution in [3.05, 3.63) is 36.5 Å². The fraction of sp³-hybridized carbons (Fsp3) is 0.700. The molecule has 1 rings (SSSR count). The third-order valence-corrected chi connectivity index (χ3v) is 4.01. The molecule has 1 radical (unpaired) electrons. The Kier molecular flexibility index (Phi) is 12.6. The van der Waals surface area contributed by atoms with Crippen molar-refractivity contribution in [2.45, 2.75) is 89.9 Å². The van der Waals surface area contributed by atoms with Gasteiger partial charge in [0.2, 0.25) is 0 Å². The molecule has 0 saturated carbocycles. The lowest BCUT2D eigenvalue weighted by Crippen LogP contribution is -1.83. The minimum Gasteiger partial charge on any atom is -0.0845 e. The Morgan fingerprint density at radius 3 is 1.70 bits per heavy atom. The van der Waals surface area contributed by atoms with Gasteiger partial charge in [0.25, 0.3) is 0 Å². The predicted octanol–water partition coefficient (Wildman–Crippen LogP) is 6.93. The Morgan fingerprint density at radius 2 is 1.05 bits per heavy atom. The molecule has 0 aromatic heterocycles. The van der Waals surface area contributed by atoms with Gasteiger partial charge in [-0.05, 0) is 31.8 Å². The van der Waals surface area contributed by atoms with E-state index in [1.807, 2.05) is 0 Å². The van der Waals surface area contributed by atoms with Crippen molar-refractivity contribution in [3.8, 4) is 0 Å². The molecular formula is C20H33. The Bertz CT molecular complexity index is 242. The van der Waals surface area contributed by atoms with Crippen LogP contribution in [0.3, 0.4) is 0 Å². The Balaban J connectivity index is 2.18. The van der Waals surface area contributed by atoms with Crippen molar-refractivity contribution >= 4 is 0 Å². The normalized spacial score (nSPS) is 26.4. The summed E-state index contributed by atoms with van der Waals surface area (Å²) in [5, 5.41) is 0. The van der Waals surface area contributed by atoms with Crippen LogP contribution in [0.25, 0.3) is 0 Å². The third kappa shape index (κ3) is 12.3. The standard InChI is InChI=1S/C20H33/c1-2-4-6-8-10-12-14-16-18-20-19-17-15-13-11-9-7-5-3-1/h1-5H,6,8-20H2/b3-1-,4-2+,7-5?. The molecular weight excluding hydrogens is 240 g/mol. The van der Waals surface area contributed by atoms with E-state index in [1.165, 1.54) is 83.5 Å². The molecule has 20 heavy (non-hydrogen) atoms. The number of allylic oxidation sites excluding steroid dienone is 6. The average molecular weight is 273 g/mol. The summed E-state index contributed by atoms with van der Waals surface area (Å²) in [5.41, 5.74) is 0. The quantitative estimate of drug-likeness (QED) is 0.448. The maximum Gasteiger partial charge on any atom is -0.0276 e. The lowest BCUT2D eigenvalue weighted by Gasteiger charge is -2.02. The second-order valence-electron chi connectivity index (χ2n) is 5.97. The summed E-state index contributed by atoms with van der Waals surface area (Å²) in [6.45, 7) is 0. The second-order valence-corrected chi connectivity index (χ2v) is 5.97. The molecule has 0 amide bonds. The molecule has 0 nitrogen and oxygen atoms in total. The second kappa shape index (κ2) is 14.6. The molecule has 0 saturated heterocycles. The van der Waals surface area contributed by atoms with Gasteiger partial charge in [-0.15, -0.1) is 0 Å². The molecule has 1 aliphatic rings. The zero-order valence-corrected chi connectivity index (χ0v) is 13.3. The maximum absolute atomic E-state index is 3.36. The molecule has 0 fully saturated rings. The molecule has 0 unspecified atom stereocenters. The van der Waals surface area contributed by atoms with Crippen LogP contribution < -0.4 is 0 Å². The Morgan fingerprint density at radius 1 is 0.500 bits per heavy atom. The lowest BCUT2D eigenvalue weighted by molar-refractivity contribution is 0.541. The maximum atomic E-state index is 3.36. The van der Waals surface area contributed by atoms with Gasteiger partial charge in [0.15, 0.2) is 0 Å². The zero-order chi connectivity index (χ0) is 14.1. The molecule has 0 atom stereocenters. The van der Waals surface area contributed by atoms with E-state index in [0.29, 0.717) is 0 Å². The van der Waals surface area contributed by atoms with E-state index < -0.39 is 0 Å². The molecule has 0 bridgehead atoms. The van der Waals surface area contributed by atoms with E-state index in [2.05, 4.69) is 36.5 Å². The summed E-state index contributed by atoms with van der Waals surface area (Å²) in [6, 6.07) is 0. The number of hydrogen-bond acceptors (Lipinski definition) is 0. The Labute approximate surface area is 127 Å². The molecule has 0 aromatic rings. The fourth-order valence-corrected chi connectivity index (χ4v) is 2.70. The monoisotopic (exact) mass is 273 g/mol. The van der Waals surface area contributed by atoms with Crippen molar-refractivity contribution < 1.29 is 0 Å². The van der Waals surface area contributed by atoms with Crippen LogP contribution in [0.2, 0.25) is 0 Å². The molecule has 0 heteroatoms. The van der Waals surface area contributed by atoms with E-state index in [4.69, 9.17) is 0 Å². The van der Waals surface area contributed by atoms with E-state index in [0.717, 1.165) is 6.42 Å². The summed E-state index contributed by atoms with van der Waals surface area (Å²) in [7, 11) is 0. The van der Waals surface area contributed by atoms with Gasteiger partial charge in [-0.3, -0.25) is 0 Å². The van der Waals surface area contributed by atoms with Crippen LogP contribution in [-0.4, -0.2) is 0 Å². The minimum absolute atomic E-state index is 1.12. The fourth-order valence-electron chi connectivity index (χ4n) is 2.70. The van der Waals surface area contributed by atoms with Crippen molar-refractivity contribution in [1.82, 2.24) is 0 Å². The van der Waals surface area contributed by atoms with Crippen LogP contribution in [0.4, 0.5) is 0 Å². The van der Waals surface area contributed by atoms with E-state index in [9.17, 15) is 0 Å². The van der Waals surface area contributed by atoms with Crippen LogP contribution >= 0.6 is 0 Å². The third-order valence-electron chi connectivity index (χ3n) is 4.01. The van der Waals surface area contributed by atoms with Crippen LogP contribution in [-0.2, 0) is 0 Å². The van der Waals surface area contributed by atoms with Gasteiger partial charge < -0.3 is 0 Å². The average Bonchev–Trinajstić information content (AvgIpc) is 2.46. The van der Waals surface area contributed by atoms with Crippen LogP contribution in [0, 0.1) is 6.08 Å².